The molecule has 18 heavy (non-hydrogen) atoms. The number of ether oxygens (including phenoxy) is 1. The quantitative estimate of drug-likeness (QED) is 0.566. The minimum atomic E-state index is -1.19. The molecule has 1 saturated heterocycles. The van der Waals surface area contributed by atoms with Gasteiger partial charge in [-0.05, 0) is 39.3 Å². The first kappa shape index (κ1) is 15.0. The summed E-state index contributed by atoms with van der Waals surface area (Å²) < 4.78 is 5.03. The summed E-state index contributed by atoms with van der Waals surface area (Å²) in [7, 11) is 0. The van der Waals surface area contributed by atoms with Gasteiger partial charge in [0.05, 0.1) is 6.61 Å². The van der Waals surface area contributed by atoms with E-state index >= 15 is 0 Å². The van der Waals surface area contributed by atoms with Crippen LogP contribution in [0.1, 0.15) is 39.5 Å². The summed E-state index contributed by atoms with van der Waals surface area (Å²) >= 11 is 0. The van der Waals surface area contributed by atoms with Crippen LogP contribution in [0.5, 0.6) is 0 Å². The molecule has 2 N–H and O–H groups in total. The fraction of sp³-hybridized carbons (Fsp3) is 0.846. The van der Waals surface area contributed by atoms with Gasteiger partial charge in [0.15, 0.2) is 5.41 Å². The average molecular weight is 256 g/mol. The number of hydrogen-bond donors (Lipinski definition) is 1. The second-order valence-corrected chi connectivity index (χ2v) is 4.86. The van der Waals surface area contributed by atoms with E-state index in [1.165, 1.54) is 6.42 Å². The predicted molar refractivity (Wildman–Crippen MR) is 68.8 cm³/mol. The molecule has 1 atom stereocenters. The van der Waals surface area contributed by atoms with Gasteiger partial charge in [0.25, 0.3) is 0 Å². The van der Waals surface area contributed by atoms with E-state index in [4.69, 9.17) is 10.5 Å². The molecule has 1 unspecified atom stereocenters. The molecular formula is C13H24N2O3. The molecule has 0 aliphatic carbocycles. The molecule has 1 amide bonds. The Morgan fingerprint density at radius 3 is 2.28 bits per heavy atom. The second kappa shape index (κ2) is 6.73. The molecule has 1 heterocycles. The van der Waals surface area contributed by atoms with Crippen LogP contribution in [0.15, 0.2) is 0 Å². The highest BCUT2D eigenvalue weighted by atomic mass is 16.5. The highest BCUT2D eigenvalue weighted by molar-refractivity contribution is 6.02. The summed E-state index contributed by atoms with van der Waals surface area (Å²) in [5.74, 6) is -1.06. The van der Waals surface area contributed by atoms with Gasteiger partial charge < -0.3 is 15.4 Å². The van der Waals surface area contributed by atoms with E-state index in [1.807, 2.05) is 6.92 Å². The number of piperidine rings is 1. The van der Waals surface area contributed by atoms with Gasteiger partial charge in [-0.25, -0.2) is 0 Å². The van der Waals surface area contributed by atoms with Crippen molar-refractivity contribution in [1.29, 1.82) is 0 Å². The molecule has 0 aromatic carbocycles. The van der Waals surface area contributed by atoms with Crippen molar-refractivity contribution in [3.63, 3.8) is 0 Å². The van der Waals surface area contributed by atoms with E-state index in [0.29, 0.717) is 13.0 Å². The fourth-order valence-corrected chi connectivity index (χ4v) is 2.44. The third-order valence-corrected chi connectivity index (χ3v) is 3.68. The van der Waals surface area contributed by atoms with Gasteiger partial charge in [-0.3, -0.25) is 9.59 Å². The van der Waals surface area contributed by atoms with Crippen LogP contribution in [-0.4, -0.2) is 43.0 Å². The smallest absolute Gasteiger partial charge is 0.322 e. The molecule has 5 heteroatoms. The van der Waals surface area contributed by atoms with Crippen LogP contribution in [0.25, 0.3) is 0 Å². The summed E-state index contributed by atoms with van der Waals surface area (Å²) in [6.45, 7) is 6.06. The van der Waals surface area contributed by atoms with E-state index in [-0.39, 0.29) is 6.61 Å². The zero-order valence-corrected chi connectivity index (χ0v) is 11.4. The molecule has 1 fully saturated rings. The zero-order valence-electron chi connectivity index (χ0n) is 11.4. The van der Waals surface area contributed by atoms with E-state index in [9.17, 15) is 9.59 Å². The van der Waals surface area contributed by atoms with Crippen LogP contribution in [0.3, 0.4) is 0 Å². The zero-order chi connectivity index (χ0) is 13.6. The van der Waals surface area contributed by atoms with Gasteiger partial charge in [0, 0.05) is 6.54 Å². The van der Waals surface area contributed by atoms with E-state index in [1.54, 1.807) is 6.92 Å². The number of carbonyl (C=O) groups excluding carboxylic acids is 2. The van der Waals surface area contributed by atoms with Crippen LogP contribution < -0.4 is 5.73 Å². The minimum absolute atomic E-state index is 0.272. The Hall–Kier alpha value is -1.10. The molecule has 1 rings (SSSR count). The summed E-state index contributed by atoms with van der Waals surface area (Å²) in [4.78, 5) is 25.9. The Balaban J connectivity index is 2.81. The van der Waals surface area contributed by atoms with Gasteiger partial charge in [0.1, 0.15) is 0 Å². The van der Waals surface area contributed by atoms with Crippen molar-refractivity contribution < 1.29 is 14.3 Å². The molecular weight excluding hydrogens is 232 g/mol. The van der Waals surface area contributed by atoms with Crippen molar-refractivity contribution in [2.45, 2.75) is 39.5 Å². The average Bonchev–Trinajstić information content (AvgIpc) is 2.37. The van der Waals surface area contributed by atoms with Crippen molar-refractivity contribution in [2.24, 2.45) is 11.1 Å². The molecule has 0 saturated carbocycles. The van der Waals surface area contributed by atoms with Gasteiger partial charge in [-0.15, -0.1) is 0 Å². The van der Waals surface area contributed by atoms with Crippen LogP contribution in [0, 0.1) is 5.41 Å². The van der Waals surface area contributed by atoms with E-state index in [2.05, 4.69) is 4.90 Å². The Morgan fingerprint density at radius 1 is 1.22 bits per heavy atom. The first-order valence-corrected chi connectivity index (χ1v) is 6.76. The molecule has 0 radical (unpaired) electrons. The predicted octanol–water partition coefficient (Wildman–Crippen LogP) is 0.917. The fourth-order valence-electron chi connectivity index (χ4n) is 2.44. The number of primary amides is 1. The SMILES string of the molecule is CCOC(=O)C(CC)(CN1CCCCC1)C(N)=O. The third kappa shape index (κ3) is 3.22. The van der Waals surface area contributed by atoms with Crippen LogP contribution in [0.2, 0.25) is 0 Å². The van der Waals surface area contributed by atoms with Crippen molar-refractivity contribution in [1.82, 2.24) is 4.90 Å². The summed E-state index contributed by atoms with van der Waals surface area (Å²) in [6, 6.07) is 0. The van der Waals surface area contributed by atoms with Crippen LogP contribution >= 0.6 is 0 Å². The lowest BCUT2D eigenvalue weighted by atomic mass is 9.83. The van der Waals surface area contributed by atoms with E-state index in [0.717, 1.165) is 25.9 Å². The maximum Gasteiger partial charge on any atom is 0.322 e. The van der Waals surface area contributed by atoms with E-state index < -0.39 is 17.3 Å². The normalized spacial score (nSPS) is 20.1. The first-order valence-electron chi connectivity index (χ1n) is 6.76. The summed E-state index contributed by atoms with van der Waals surface area (Å²) in [6.07, 6.45) is 3.83. The lowest BCUT2D eigenvalue weighted by Gasteiger charge is -2.35. The first-order chi connectivity index (χ1) is 8.56. The number of nitrogens with zero attached hydrogens (tertiary/aromatic N) is 1. The maximum atomic E-state index is 12.1. The van der Waals surface area contributed by atoms with Crippen molar-refractivity contribution in [3.8, 4) is 0 Å². The van der Waals surface area contributed by atoms with Crippen LogP contribution in [-0.2, 0) is 14.3 Å². The Kier molecular flexibility index (Phi) is 5.59. The number of carbonyl (C=O) groups is 2. The molecule has 104 valence electrons. The standard InChI is InChI=1S/C13H24N2O3/c1-3-13(11(14)16,12(17)18-4-2)10-15-8-6-5-7-9-15/h3-10H2,1-2H3,(H2,14,16). The molecule has 0 spiro atoms. The molecule has 1 aliphatic heterocycles. The number of nitrogens with two attached hydrogens (primary N) is 1. The van der Waals surface area contributed by atoms with Gasteiger partial charge >= 0.3 is 5.97 Å². The van der Waals surface area contributed by atoms with Crippen molar-refractivity contribution >= 4 is 11.9 Å². The van der Waals surface area contributed by atoms with Gasteiger partial charge in [0.2, 0.25) is 5.91 Å². The maximum absolute atomic E-state index is 12.1. The largest absolute Gasteiger partial charge is 0.465 e. The number of amides is 1. The van der Waals surface area contributed by atoms with Crippen molar-refractivity contribution in [3.05, 3.63) is 0 Å². The lowest BCUT2D eigenvalue weighted by molar-refractivity contribution is -0.161. The second-order valence-electron chi connectivity index (χ2n) is 4.86. The van der Waals surface area contributed by atoms with Crippen molar-refractivity contribution in [2.75, 3.05) is 26.2 Å². The minimum Gasteiger partial charge on any atom is -0.465 e. The molecule has 0 aromatic heterocycles. The number of hydrogen-bond acceptors (Lipinski definition) is 4. The molecule has 0 bridgehead atoms. The topological polar surface area (TPSA) is 72.6 Å². The molecule has 0 aromatic rings. The number of rotatable bonds is 6. The Bertz CT molecular complexity index is 301. The van der Waals surface area contributed by atoms with Crippen LogP contribution in [0.4, 0.5) is 0 Å². The highest BCUT2D eigenvalue weighted by Crippen LogP contribution is 2.26. The van der Waals surface area contributed by atoms with Gasteiger partial charge in [-0.1, -0.05) is 13.3 Å². The van der Waals surface area contributed by atoms with Gasteiger partial charge in [-0.2, -0.15) is 0 Å². The Labute approximate surface area is 109 Å². The monoisotopic (exact) mass is 256 g/mol. The molecule has 5 nitrogen and oxygen atoms in total. The number of likely N-dealkylation sites (tertiary alicyclic amines) is 1. The Morgan fingerprint density at radius 2 is 1.83 bits per heavy atom. The highest BCUT2D eigenvalue weighted by Gasteiger charge is 2.45. The summed E-state index contributed by atoms with van der Waals surface area (Å²) in [5, 5.41) is 0. The summed E-state index contributed by atoms with van der Waals surface area (Å²) in [5.41, 5.74) is 4.28. The lowest BCUT2D eigenvalue weighted by Crippen LogP contribution is -2.53. The molecule has 1 aliphatic rings. The number of esters is 1. The third-order valence-electron chi connectivity index (χ3n) is 3.68.